The zero-order valence-electron chi connectivity index (χ0n) is 13.0. The van der Waals surface area contributed by atoms with Crippen LogP contribution in [-0.2, 0) is 0 Å². The second kappa shape index (κ2) is 6.36. The van der Waals surface area contributed by atoms with E-state index < -0.39 is 0 Å². The molecule has 118 valence electrons. The fourth-order valence-corrected chi connectivity index (χ4v) is 4.00. The van der Waals surface area contributed by atoms with Crippen LogP contribution in [0.15, 0.2) is 53.5 Å². The maximum Gasteiger partial charge on any atom is 0.0964 e. The molecule has 3 nitrogen and oxygen atoms in total. The van der Waals surface area contributed by atoms with E-state index in [9.17, 15) is 0 Å². The summed E-state index contributed by atoms with van der Waals surface area (Å²) in [4.78, 5) is 7.97. The SMILES string of the molecule is Brc1cccc(-c2ncn(C3CCCCC3)c2-c2cc[nH]c2)c1. The maximum atomic E-state index is 4.79. The molecule has 1 aromatic carbocycles. The first kappa shape index (κ1) is 14.8. The zero-order valence-corrected chi connectivity index (χ0v) is 14.6. The largest absolute Gasteiger partial charge is 0.367 e. The molecule has 1 fully saturated rings. The average molecular weight is 370 g/mol. The third kappa shape index (κ3) is 2.88. The molecule has 0 spiro atoms. The predicted octanol–water partition coefficient (Wildman–Crippen LogP) is 5.81. The molecule has 0 saturated heterocycles. The number of hydrogen-bond donors (Lipinski definition) is 1. The molecular weight excluding hydrogens is 350 g/mol. The minimum Gasteiger partial charge on any atom is -0.367 e. The molecule has 1 aliphatic rings. The monoisotopic (exact) mass is 369 g/mol. The standard InChI is InChI=1S/C19H20BrN3/c20-16-6-4-5-14(11-16)18-19(15-9-10-21-12-15)23(13-22-18)17-7-2-1-3-8-17/h4-6,9-13,17,21H,1-3,7-8H2. The second-order valence-corrected chi connectivity index (χ2v) is 7.17. The van der Waals surface area contributed by atoms with Crippen molar-refractivity contribution in [3.8, 4) is 22.5 Å². The summed E-state index contributed by atoms with van der Waals surface area (Å²) in [6.45, 7) is 0. The Kier molecular flexibility index (Phi) is 4.08. The fraction of sp³-hybridized carbons (Fsp3) is 0.316. The fourth-order valence-electron chi connectivity index (χ4n) is 3.60. The van der Waals surface area contributed by atoms with E-state index in [0.29, 0.717) is 6.04 Å². The molecule has 1 aliphatic carbocycles. The number of H-pyrrole nitrogens is 1. The molecule has 2 aromatic heterocycles. The molecule has 1 N–H and O–H groups in total. The third-order valence-corrected chi connectivity index (χ3v) is 5.22. The summed E-state index contributed by atoms with van der Waals surface area (Å²) in [7, 11) is 0. The van der Waals surface area contributed by atoms with Crippen LogP contribution in [0.25, 0.3) is 22.5 Å². The molecule has 0 unspecified atom stereocenters. The molecule has 0 radical (unpaired) electrons. The summed E-state index contributed by atoms with van der Waals surface area (Å²) in [6, 6.07) is 11.1. The van der Waals surface area contributed by atoms with Gasteiger partial charge in [0.05, 0.1) is 17.7 Å². The Bertz CT molecular complexity index is 783. The van der Waals surface area contributed by atoms with Crippen LogP contribution in [-0.4, -0.2) is 14.5 Å². The van der Waals surface area contributed by atoms with E-state index in [4.69, 9.17) is 4.98 Å². The average Bonchev–Trinajstić information content (AvgIpc) is 3.25. The number of nitrogens with zero attached hydrogens (tertiary/aromatic N) is 2. The molecule has 3 aromatic rings. The molecule has 23 heavy (non-hydrogen) atoms. The lowest BCUT2D eigenvalue weighted by Gasteiger charge is -2.25. The zero-order chi connectivity index (χ0) is 15.6. The van der Waals surface area contributed by atoms with Crippen molar-refractivity contribution in [2.75, 3.05) is 0 Å². The van der Waals surface area contributed by atoms with E-state index in [1.165, 1.54) is 43.4 Å². The topological polar surface area (TPSA) is 33.6 Å². The van der Waals surface area contributed by atoms with Crippen molar-refractivity contribution in [1.29, 1.82) is 0 Å². The Hall–Kier alpha value is -1.81. The van der Waals surface area contributed by atoms with Gasteiger partial charge in [0.1, 0.15) is 0 Å². The molecule has 2 heterocycles. The Morgan fingerprint density at radius 3 is 2.70 bits per heavy atom. The maximum absolute atomic E-state index is 4.79. The van der Waals surface area contributed by atoms with Crippen molar-refractivity contribution in [2.24, 2.45) is 0 Å². The minimum absolute atomic E-state index is 0.571. The number of hydrogen-bond acceptors (Lipinski definition) is 1. The molecule has 1 saturated carbocycles. The number of benzene rings is 1. The molecule has 0 bridgehead atoms. The number of rotatable bonds is 3. The Labute approximate surface area is 144 Å². The quantitative estimate of drug-likeness (QED) is 0.620. The van der Waals surface area contributed by atoms with Gasteiger partial charge in [0.15, 0.2) is 0 Å². The predicted molar refractivity (Wildman–Crippen MR) is 97.3 cm³/mol. The van der Waals surface area contributed by atoms with Crippen molar-refractivity contribution < 1.29 is 0 Å². The number of nitrogens with one attached hydrogen (secondary N) is 1. The number of aromatic nitrogens is 3. The molecule has 0 aliphatic heterocycles. The molecule has 4 rings (SSSR count). The Balaban J connectivity index is 1.85. The van der Waals surface area contributed by atoms with E-state index in [1.54, 1.807) is 0 Å². The summed E-state index contributed by atoms with van der Waals surface area (Å²) in [5.74, 6) is 0. The second-order valence-electron chi connectivity index (χ2n) is 6.25. The summed E-state index contributed by atoms with van der Waals surface area (Å²) >= 11 is 3.58. The van der Waals surface area contributed by atoms with Crippen molar-refractivity contribution in [3.05, 3.63) is 53.5 Å². The summed E-state index contributed by atoms with van der Waals surface area (Å²) < 4.78 is 3.49. The normalized spacial score (nSPS) is 15.9. The van der Waals surface area contributed by atoms with Crippen LogP contribution in [0.3, 0.4) is 0 Å². The third-order valence-electron chi connectivity index (χ3n) is 4.73. The first-order valence-electron chi connectivity index (χ1n) is 8.29. The molecule has 0 amide bonds. The Morgan fingerprint density at radius 1 is 1.09 bits per heavy atom. The van der Waals surface area contributed by atoms with Gasteiger partial charge in [0.25, 0.3) is 0 Å². The number of aromatic amines is 1. The van der Waals surface area contributed by atoms with Crippen LogP contribution in [0.1, 0.15) is 38.1 Å². The highest BCUT2D eigenvalue weighted by molar-refractivity contribution is 9.10. The highest BCUT2D eigenvalue weighted by Crippen LogP contribution is 2.37. The van der Waals surface area contributed by atoms with E-state index in [-0.39, 0.29) is 0 Å². The molecule has 4 heteroatoms. The summed E-state index contributed by atoms with van der Waals surface area (Å²) in [6.07, 6.45) is 12.6. The van der Waals surface area contributed by atoms with Gasteiger partial charge in [-0.2, -0.15) is 0 Å². The van der Waals surface area contributed by atoms with E-state index >= 15 is 0 Å². The van der Waals surface area contributed by atoms with Crippen LogP contribution < -0.4 is 0 Å². The highest BCUT2D eigenvalue weighted by Gasteiger charge is 2.22. The first-order valence-corrected chi connectivity index (χ1v) is 9.08. The first-order chi connectivity index (χ1) is 11.3. The Morgan fingerprint density at radius 2 is 1.96 bits per heavy atom. The van der Waals surface area contributed by atoms with Gasteiger partial charge < -0.3 is 9.55 Å². The van der Waals surface area contributed by atoms with Crippen LogP contribution in [0.2, 0.25) is 0 Å². The number of imidazole rings is 1. The van der Waals surface area contributed by atoms with Crippen molar-refractivity contribution in [3.63, 3.8) is 0 Å². The molecule has 0 atom stereocenters. The van der Waals surface area contributed by atoms with Gasteiger partial charge in [-0.3, -0.25) is 0 Å². The van der Waals surface area contributed by atoms with E-state index in [0.717, 1.165) is 15.7 Å². The van der Waals surface area contributed by atoms with Gasteiger partial charge in [-0.25, -0.2) is 4.98 Å². The highest BCUT2D eigenvalue weighted by atomic mass is 79.9. The summed E-state index contributed by atoms with van der Waals surface area (Å²) in [5.41, 5.74) is 4.67. The van der Waals surface area contributed by atoms with Crippen LogP contribution in [0.5, 0.6) is 0 Å². The minimum atomic E-state index is 0.571. The van der Waals surface area contributed by atoms with Gasteiger partial charge in [0, 0.05) is 34.0 Å². The van der Waals surface area contributed by atoms with Crippen LogP contribution in [0.4, 0.5) is 0 Å². The van der Waals surface area contributed by atoms with Crippen molar-refractivity contribution in [1.82, 2.24) is 14.5 Å². The van der Waals surface area contributed by atoms with Crippen molar-refractivity contribution >= 4 is 15.9 Å². The van der Waals surface area contributed by atoms with E-state index in [1.807, 2.05) is 12.5 Å². The summed E-state index contributed by atoms with van der Waals surface area (Å²) in [5, 5.41) is 0. The van der Waals surface area contributed by atoms with Crippen LogP contribution >= 0.6 is 15.9 Å². The van der Waals surface area contributed by atoms with Gasteiger partial charge in [-0.1, -0.05) is 47.3 Å². The van der Waals surface area contributed by atoms with Gasteiger partial charge in [-0.15, -0.1) is 0 Å². The molecular formula is C19H20BrN3. The van der Waals surface area contributed by atoms with Crippen molar-refractivity contribution in [2.45, 2.75) is 38.1 Å². The van der Waals surface area contributed by atoms with Gasteiger partial charge in [-0.05, 0) is 31.0 Å². The lowest BCUT2D eigenvalue weighted by atomic mass is 9.94. The lowest BCUT2D eigenvalue weighted by Crippen LogP contribution is -2.13. The lowest BCUT2D eigenvalue weighted by molar-refractivity contribution is 0.355. The van der Waals surface area contributed by atoms with Gasteiger partial charge in [0.2, 0.25) is 0 Å². The number of halogens is 1. The smallest absolute Gasteiger partial charge is 0.0964 e. The van der Waals surface area contributed by atoms with Gasteiger partial charge >= 0.3 is 0 Å². The van der Waals surface area contributed by atoms with Crippen LogP contribution in [0, 0.1) is 0 Å². The van der Waals surface area contributed by atoms with E-state index in [2.05, 4.69) is 62.0 Å².